The molecule has 130 valence electrons. The van der Waals surface area contributed by atoms with E-state index in [1.165, 1.54) is 6.92 Å². The molecule has 1 amide bonds. The van der Waals surface area contributed by atoms with Crippen molar-refractivity contribution in [3.05, 3.63) is 54.9 Å². The van der Waals surface area contributed by atoms with Gasteiger partial charge in [-0.3, -0.25) is 9.78 Å². The summed E-state index contributed by atoms with van der Waals surface area (Å²) in [6.07, 6.45) is 3.32. The summed E-state index contributed by atoms with van der Waals surface area (Å²) in [5.74, 6) is 1.91. The number of nitrogens with zero attached hydrogens (tertiary/aromatic N) is 2. The fraction of sp³-hybridized carbons (Fsp3) is 0.105. The highest BCUT2D eigenvalue weighted by atomic mass is 16.7. The van der Waals surface area contributed by atoms with Crippen molar-refractivity contribution in [1.29, 1.82) is 0 Å². The molecule has 1 aliphatic rings. The van der Waals surface area contributed by atoms with Crippen molar-refractivity contribution < 1.29 is 14.3 Å². The van der Waals surface area contributed by atoms with Gasteiger partial charge in [-0.05, 0) is 24.3 Å². The van der Waals surface area contributed by atoms with Crippen LogP contribution in [0.25, 0.3) is 11.3 Å². The number of rotatable bonds is 4. The van der Waals surface area contributed by atoms with Crippen LogP contribution in [-0.4, -0.2) is 22.7 Å². The number of carbonyl (C=O) groups is 1. The summed E-state index contributed by atoms with van der Waals surface area (Å²) in [4.78, 5) is 20.1. The highest BCUT2D eigenvalue weighted by molar-refractivity contribution is 5.89. The van der Waals surface area contributed by atoms with Gasteiger partial charge in [-0.2, -0.15) is 0 Å². The number of benzene rings is 2. The van der Waals surface area contributed by atoms with E-state index in [1.54, 1.807) is 12.4 Å². The standard InChI is InChI=1S/C19H16N4O3/c1-12(24)21-14-4-2-3-13(7-14)16-9-20-10-19(23-16)22-15-5-6-17-18(8-15)26-11-25-17/h2-10H,11H2,1H3,(H,21,24)(H,22,23). The average molecular weight is 348 g/mol. The molecule has 7 nitrogen and oxygen atoms in total. The van der Waals surface area contributed by atoms with E-state index in [0.717, 1.165) is 17.0 Å². The Morgan fingerprint density at radius 2 is 1.92 bits per heavy atom. The zero-order valence-electron chi connectivity index (χ0n) is 14.0. The van der Waals surface area contributed by atoms with Crippen LogP contribution in [0.2, 0.25) is 0 Å². The first-order valence-corrected chi connectivity index (χ1v) is 8.04. The van der Waals surface area contributed by atoms with Gasteiger partial charge in [0.05, 0.1) is 18.1 Å². The van der Waals surface area contributed by atoms with Gasteiger partial charge in [-0.1, -0.05) is 12.1 Å². The number of nitrogens with one attached hydrogen (secondary N) is 2. The molecule has 26 heavy (non-hydrogen) atoms. The van der Waals surface area contributed by atoms with Gasteiger partial charge in [0.15, 0.2) is 11.5 Å². The van der Waals surface area contributed by atoms with Crippen LogP contribution < -0.4 is 20.1 Å². The summed E-state index contributed by atoms with van der Waals surface area (Å²) < 4.78 is 10.7. The third-order valence-corrected chi connectivity index (χ3v) is 3.76. The van der Waals surface area contributed by atoms with Crippen LogP contribution in [0.3, 0.4) is 0 Å². The lowest BCUT2D eigenvalue weighted by molar-refractivity contribution is -0.114. The van der Waals surface area contributed by atoms with E-state index in [4.69, 9.17) is 9.47 Å². The zero-order valence-corrected chi connectivity index (χ0v) is 14.0. The van der Waals surface area contributed by atoms with Crippen LogP contribution in [0.4, 0.5) is 17.2 Å². The van der Waals surface area contributed by atoms with Crippen LogP contribution in [0.1, 0.15) is 6.92 Å². The van der Waals surface area contributed by atoms with E-state index in [-0.39, 0.29) is 12.7 Å². The first kappa shape index (κ1) is 15.9. The number of ether oxygens (including phenoxy) is 2. The third kappa shape index (κ3) is 3.41. The van der Waals surface area contributed by atoms with Crippen molar-refractivity contribution in [1.82, 2.24) is 9.97 Å². The predicted molar refractivity (Wildman–Crippen MR) is 97.6 cm³/mol. The molecular weight excluding hydrogens is 332 g/mol. The van der Waals surface area contributed by atoms with Crippen LogP contribution in [0, 0.1) is 0 Å². The van der Waals surface area contributed by atoms with E-state index in [2.05, 4.69) is 20.6 Å². The Bertz CT molecular complexity index is 975. The Morgan fingerprint density at radius 1 is 1.04 bits per heavy atom. The molecule has 4 rings (SSSR count). The molecule has 0 fully saturated rings. The molecule has 0 radical (unpaired) electrons. The Hall–Kier alpha value is -3.61. The fourth-order valence-electron chi connectivity index (χ4n) is 2.65. The molecule has 0 bridgehead atoms. The van der Waals surface area contributed by atoms with Gasteiger partial charge < -0.3 is 20.1 Å². The minimum absolute atomic E-state index is 0.119. The van der Waals surface area contributed by atoms with Crippen molar-refractivity contribution in [3.8, 4) is 22.8 Å². The highest BCUT2D eigenvalue weighted by Gasteiger charge is 2.13. The first-order valence-electron chi connectivity index (χ1n) is 8.04. The summed E-state index contributed by atoms with van der Waals surface area (Å²) in [6.45, 7) is 1.71. The second-order valence-electron chi connectivity index (χ2n) is 5.74. The summed E-state index contributed by atoms with van der Waals surface area (Å²) in [5, 5.41) is 5.98. The van der Waals surface area contributed by atoms with Crippen molar-refractivity contribution in [2.45, 2.75) is 6.92 Å². The number of aromatic nitrogens is 2. The molecule has 3 aromatic rings. The zero-order chi connectivity index (χ0) is 17.9. The highest BCUT2D eigenvalue weighted by Crippen LogP contribution is 2.35. The summed E-state index contributed by atoms with van der Waals surface area (Å²) in [5.41, 5.74) is 3.10. The summed E-state index contributed by atoms with van der Waals surface area (Å²) >= 11 is 0. The molecule has 0 saturated carbocycles. The maximum atomic E-state index is 11.2. The average Bonchev–Trinajstić information content (AvgIpc) is 3.09. The second kappa shape index (κ2) is 6.72. The van der Waals surface area contributed by atoms with Gasteiger partial charge in [0, 0.05) is 29.9 Å². The Morgan fingerprint density at radius 3 is 2.81 bits per heavy atom. The van der Waals surface area contributed by atoms with E-state index in [1.807, 2.05) is 42.5 Å². The minimum Gasteiger partial charge on any atom is -0.454 e. The molecule has 0 aliphatic carbocycles. The van der Waals surface area contributed by atoms with E-state index < -0.39 is 0 Å². The smallest absolute Gasteiger partial charge is 0.231 e. The van der Waals surface area contributed by atoms with Gasteiger partial charge in [0.2, 0.25) is 12.7 Å². The van der Waals surface area contributed by atoms with Gasteiger partial charge in [-0.15, -0.1) is 0 Å². The van der Waals surface area contributed by atoms with Crippen LogP contribution in [0.15, 0.2) is 54.9 Å². The maximum absolute atomic E-state index is 11.2. The van der Waals surface area contributed by atoms with Crippen LogP contribution in [-0.2, 0) is 4.79 Å². The quantitative estimate of drug-likeness (QED) is 0.750. The molecule has 0 spiro atoms. The molecule has 7 heteroatoms. The minimum atomic E-state index is -0.119. The van der Waals surface area contributed by atoms with Gasteiger partial charge in [-0.25, -0.2) is 4.98 Å². The normalized spacial score (nSPS) is 11.9. The molecule has 2 aromatic carbocycles. The molecule has 1 aliphatic heterocycles. The summed E-state index contributed by atoms with van der Waals surface area (Å²) in [7, 11) is 0. The first-order chi connectivity index (χ1) is 12.7. The largest absolute Gasteiger partial charge is 0.454 e. The lowest BCUT2D eigenvalue weighted by Crippen LogP contribution is -2.05. The number of carbonyl (C=O) groups excluding carboxylic acids is 1. The topological polar surface area (TPSA) is 85.4 Å². The Labute approximate surface area is 150 Å². The number of anilines is 3. The maximum Gasteiger partial charge on any atom is 0.231 e. The van der Waals surface area contributed by atoms with Gasteiger partial charge in [0.1, 0.15) is 5.82 Å². The fourth-order valence-corrected chi connectivity index (χ4v) is 2.65. The van der Waals surface area contributed by atoms with Crippen molar-refractivity contribution in [3.63, 3.8) is 0 Å². The number of hydrogen-bond donors (Lipinski definition) is 2. The Kier molecular flexibility index (Phi) is 4.10. The molecule has 0 saturated heterocycles. The van der Waals surface area contributed by atoms with E-state index >= 15 is 0 Å². The molecular formula is C19H16N4O3. The van der Waals surface area contributed by atoms with Crippen LogP contribution >= 0.6 is 0 Å². The number of amides is 1. The molecule has 0 atom stereocenters. The lowest BCUT2D eigenvalue weighted by atomic mass is 10.1. The molecule has 2 heterocycles. The predicted octanol–water partition coefficient (Wildman–Crippen LogP) is 3.57. The van der Waals surface area contributed by atoms with E-state index in [0.29, 0.717) is 22.9 Å². The molecule has 1 aromatic heterocycles. The van der Waals surface area contributed by atoms with Crippen molar-refractivity contribution >= 4 is 23.1 Å². The monoisotopic (exact) mass is 348 g/mol. The van der Waals surface area contributed by atoms with Gasteiger partial charge >= 0.3 is 0 Å². The SMILES string of the molecule is CC(=O)Nc1cccc(-c2cncc(Nc3ccc4c(c3)OCO4)n2)c1. The number of fused-ring (bicyclic) bond motifs is 1. The Balaban J connectivity index is 1.58. The van der Waals surface area contributed by atoms with Crippen molar-refractivity contribution in [2.75, 3.05) is 17.4 Å². The summed E-state index contributed by atoms with van der Waals surface area (Å²) in [6, 6.07) is 13.1. The van der Waals surface area contributed by atoms with Crippen molar-refractivity contribution in [2.24, 2.45) is 0 Å². The third-order valence-electron chi connectivity index (χ3n) is 3.76. The van der Waals surface area contributed by atoms with Crippen LogP contribution in [0.5, 0.6) is 11.5 Å². The van der Waals surface area contributed by atoms with E-state index in [9.17, 15) is 4.79 Å². The van der Waals surface area contributed by atoms with Gasteiger partial charge in [0.25, 0.3) is 0 Å². The molecule has 2 N–H and O–H groups in total. The second-order valence-corrected chi connectivity index (χ2v) is 5.74. The lowest BCUT2D eigenvalue weighted by Gasteiger charge is -2.09. The molecule has 0 unspecified atom stereocenters. The number of hydrogen-bond acceptors (Lipinski definition) is 6.